The van der Waals surface area contributed by atoms with Crippen LogP contribution in [0.4, 0.5) is 5.69 Å². The highest BCUT2D eigenvalue weighted by atomic mass is 35.5. The maximum atomic E-state index is 12.1. The van der Waals surface area contributed by atoms with Crippen molar-refractivity contribution in [3.63, 3.8) is 0 Å². The molecule has 8 nitrogen and oxygen atoms in total. The normalized spacial score (nSPS) is 11.6. The largest absolute Gasteiger partial charge is 0.451 e. The second-order valence-electron chi connectivity index (χ2n) is 4.98. The maximum absolute atomic E-state index is 12.1. The molecule has 1 aromatic carbocycles. The van der Waals surface area contributed by atoms with E-state index in [9.17, 15) is 19.2 Å². The minimum Gasteiger partial charge on any atom is -0.451 e. The maximum Gasteiger partial charge on any atom is 0.328 e. The average molecular weight is 386 g/mol. The summed E-state index contributed by atoms with van der Waals surface area (Å²) in [6.45, 7) is 0.909. The monoisotopic (exact) mass is 385 g/mol. The van der Waals surface area contributed by atoms with Crippen molar-refractivity contribution in [3.8, 4) is 0 Å². The Kier molecular flexibility index (Phi) is 6.00. The Labute approximate surface area is 151 Å². The first-order chi connectivity index (χ1) is 11.8. The minimum absolute atomic E-state index is 0.274. The predicted molar refractivity (Wildman–Crippen MR) is 92.0 cm³/mol. The highest BCUT2D eigenvalue weighted by Crippen LogP contribution is 2.25. The van der Waals surface area contributed by atoms with Crippen molar-refractivity contribution in [1.82, 2.24) is 9.55 Å². The van der Waals surface area contributed by atoms with E-state index in [1.54, 1.807) is 6.07 Å². The van der Waals surface area contributed by atoms with Gasteiger partial charge >= 0.3 is 11.7 Å². The summed E-state index contributed by atoms with van der Waals surface area (Å²) >= 11 is 11.8. The number of amides is 1. The first kappa shape index (κ1) is 18.8. The van der Waals surface area contributed by atoms with Crippen molar-refractivity contribution in [2.45, 2.75) is 19.6 Å². The van der Waals surface area contributed by atoms with Gasteiger partial charge in [-0.3, -0.25) is 23.9 Å². The van der Waals surface area contributed by atoms with Crippen LogP contribution in [0.15, 0.2) is 40.1 Å². The van der Waals surface area contributed by atoms with Crippen molar-refractivity contribution in [1.29, 1.82) is 0 Å². The molecule has 0 aliphatic rings. The molecule has 25 heavy (non-hydrogen) atoms. The summed E-state index contributed by atoms with van der Waals surface area (Å²) in [4.78, 5) is 48.4. The molecule has 0 aliphatic carbocycles. The molecule has 1 amide bonds. The summed E-state index contributed by atoms with van der Waals surface area (Å²) in [5.74, 6) is -1.44. The van der Waals surface area contributed by atoms with E-state index in [0.717, 1.165) is 16.8 Å². The summed E-state index contributed by atoms with van der Waals surface area (Å²) in [7, 11) is 0. The van der Waals surface area contributed by atoms with E-state index in [4.69, 9.17) is 27.9 Å². The molecule has 0 bridgehead atoms. The van der Waals surface area contributed by atoms with Gasteiger partial charge in [-0.15, -0.1) is 0 Å². The summed E-state index contributed by atoms with van der Waals surface area (Å²) in [6, 6.07) is 5.62. The van der Waals surface area contributed by atoms with Gasteiger partial charge in [-0.05, 0) is 25.1 Å². The number of hydrogen-bond acceptors (Lipinski definition) is 5. The zero-order chi connectivity index (χ0) is 18.6. The zero-order valence-corrected chi connectivity index (χ0v) is 14.4. The van der Waals surface area contributed by atoms with Gasteiger partial charge in [0, 0.05) is 17.3 Å². The molecule has 1 heterocycles. The number of halogens is 2. The average Bonchev–Trinajstić information content (AvgIpc) is 2.53. The first-order valence-electron chi connectivity index (χ1n) is 7.01. The van der Waals surface area contributed by atoms with E-state index >= 15 is 0 Å². The van der Waals surface area contributed by atoms with Gasteiger partial charge < -0.3 is 10.1 Å². The number of aromatic nitrogens is 2. The number of carbonyl (C=O) groups excluding carboxylic acids is 2. The lowest BCUT2D eigenvalue weighted by molar-refractivity contribution is -0.153. The van der Waals surface area contributed by atoms with Crippen molar-refractivity contribution >= 4 is 40.8 Å². The highest BCUT2D eigenvalue weighted by molar-refractivity contribution is 6.35. The first-order valence-corrected chi connectivity index (χ1v) is 7.77. The molecule has 10 heteroatoms. The van der Waals surface area contributed by atoms with Gasteiger partial charge in [0.1, 0.15) is 6.54 Å². The Hall–Kier alpha value is -2.58. The van der Waals surface area contributed by atoms with Crippen molar-refractivity contribution in [2.24, 2.45) is 0 Å². The number of benzene rings is 1. The quantitative estimate of drug-likeness (QED) is 0.756. The number of ether oxygens (including phenoxy) is 1. The Morgan fingerprint density at radius 2 is 2.00 bits per heavy atom. The number of nitrogens with one attached hydrogen (secondary N) is 2. The van der Waals surface area contributed by atoms with Gasteiger partial charge in [-0.2, -0.15) is 0 Å². The molecule has 0 saturated heterocycles. The number of rotatable bonds is 5. The molecular weight excluding hydrogens is 373 g/mol. The lowest BCUT2D eigenvalue weighted by Gasteiger charge is -2.14. The number of H-pyrrole nitrogens is 1. The van der Waals surface area contributed by atoms with Crippen LogP contribution in [0.2, 0.25) is 10.0 Å². The smallest absolute Gasteiger partial charge is 0.328 e. The van der Waals surface area contributed by atoms with Crippen LogP contribution in [0.3, 0.4) is 0 Å². The Bertz CT molecular complexity index is 922. The summed E-state index contributed by atoms with van der Waals surface area (Å²) in [5.41, 5.74) is -1.06. The summed E-state index contributed by atoms with van der Waals surface area (Å²) in [5, 5.41) is 3.14. The Balaban J connectivity index is 1.98. The second kappa shape index (κ2) is 8.00. The van der Waals surface area contributed by atoms with E-state index < -0.39 is 35.8 Å². The van der Waals surface area contributed by atoms with E-state index in [0.29, 0.717) is 5.02 Å². The van der Waals surface area contributed by atoms with Crippen LogP contribution < -0.4 is 16.6 Å². The highest BCUT2D eigenvalue weighted by Gasteiger charge is 2.19. The van der Waals surface area contributed by atoms with Gasteiger partial charge in [0.05, 0.1) is 10.7 Å². The molecule has 1 aromatic heterocycles. The number of hydrogen-bond donors (Lipinski definition) is 2. The fourth-order valence-corrected chi connectivity index (χ4v) is 2.16. The van der Waals surface area contributed by atoms with Gasteiger partial charge in [0.2, 0.25) is 0 Å². The van der Waals surface area contributed by atoms with E-state index in [1.807, 2.05) is 4.98 Å². The number of anilines is 1. The third-order valence-corrected chi connectivity index (χ3v) is 3.62. The second-order valence-corrected chi connectivity index (χ2v) is 5.83. The van der Waals surface area contributed by atoms with Crippen LogP contribution in [0.1, 0.15) is 6.92 Å². The lowest BCUT2D eigenvalue weighted by atomic mass is 10.3. The van der Waals surface area contributed by atoms with Crippen molar-refractivity contribution < 1.29 is 14.3 Å². The van der Waals surface area contributed by atoms with Crippen LogP contribution in [-0.4, -0.2) is 27.5 Å². The van der Waals surface area contributed by atoms with Gasteiger partial charge in [-0.25, -0.2) is 4.79 Å². The molecular formula is C15H13Cl2N3O5. The third kappa shape index (κ3) is 5.20. The molecule has 0 aliphatic heterocycles. The lowest BCUT2D eigenvalue weighted by Crippen LogP contribution is -2.35. The number of carbonyl (C=O) groups is 2. The van der Waals surface area contributed by atoms with E-state index in [1.165, 1.54) is 19.1 Å². The molecule has 0 fully saturated rings. The molecule has 0 unspecified atom stereocenters. The van der Waals surface area contributed by atoms with Gasteiger partial charge in [0.15, 0.2) is 6.10 Å². The van der Waals surface area contributed by atoms with Crippen LogP contribution in [0.5, 0.6) is 0 Å². The summed E-state index contributed by atoms with van der Waals surface area (Å²) < 4.78 is 5.91. The van der Waals surface area contributed by atoms with Crippen LogP contribution in [-0.2, 0) is 20.9 Å². The van der Waals surface area contributed by atoms with Crippen LogP contribution in [0.25, 0.3) is 0 Å². The molecule has 0 saturated carbocycles. The fourth-order valence-electron chi connectivity index (χ4n) is 1.82. The molecule has 2 N–H and O–H groups in total. The third-order valence-electron chi connectivity index (χ3n) is 3.06. The van der Waals surface area contributed by atoms with Crippen LogP contribution >= 0.6 is 23.2 Å². The minimum atomic E-state index is -1.14. The summed E-state index contributed by atoms with van der Waals surface area (Å²) in [6.07, 6.45) is 0.0137. The zero-order valence-electron chi connectivity index (χ0n) is 12.9. The molecule has 0 radical (unpaired) electrons. The standard InChI is InChI=1S/C15H13Cl2N3O5/c1-8(14(23)18-11-6-9(16)2-3-10(11)17)25-13(22)7-20-5-4-12(21)19-15(20)24/h2-6,8H,7H2,1H3,(H,18,23)(H,19,21,24)/t8-/m1/s1. The van der Waals surface area contributed by atoms with E-state index in [-0.39, 0.29) is 10.7 Å². The topological polar surface area (TPSA) is 110 Å². The molecule has 0 spiro atoms. The molecule has 2 aromatic rings. The Morgan fingerprint density at radius 1 is 1.28 bits per heavy atom. The number of esters is 1. The van der Waals surface area contributed by atoms with Crippen LogP contribution in [0, 0.1) is 0 Å². The van der Waals surface area contributed by atoms with Gasteiger partial charge in [-0.1, -0.05) is 23.2 Å². The van der Waals surface area contributed by atoms with Crippen molar-refractivity contribution in [3.05, 3.63) is 61.3 Å². The fraction of sp³-hybridized carbons (Fsp3) is 0.200. The number of aromatic amines is 1. The Morgan fingerprint density at radius 3 is 2.68 bits per heavy atom. The molecule has 132 valence electrons. The van der Waals surface area contributed by atoms with E-state index in [2.05, 4.69) is 5.32 Å². The molecule has 2 rings (SSSR count). The molecule has 1 atom stereocenters. The SMILES string of the molecule is C[C@@H](OC(=O)Cn1ccc(=O)[nH]c1=O)C(=O)Nc1cc(Cl)ccc1Cl. The van der Waals surface area contributed by atoms with Crippen molar-refractivity contribution in [2.75, 3.05) is 5.32 Å². The number of nitrogens with zero attached hydrogens (tertiary/aromatic N) is 1. The van der Waals surface area contributed by atoms with Gasteiger partial charge in [0.25, 0.3) is 11.5 Å². The predicted octanol–water partition coefficient (Wildman–Crippen LogP) is 1.41.